The fourth-order valence-corrected chi connectivity index (χ4v) is 2.48. The predicted octanol–water partition coefficient (Wildman–Crippen LogP) is 4.07. The quantitative estimate of drug-likeness (QED) is 0.545. The second-order valence-electron chi connectivity index (χ2n) is 3.74. The van der Waals surface area contributed by atoms with Gasteiger partial charge < -0.3 is 4.98 Å². The van der Waals surface area contributed by atoms with Crippen molar-refractivity contribution < 1.29 is 20.1 Å². The van der Waals surface area contributed by atoms with Gasteiger partial charge in [0.25, 0.3) is 0 Å². The summed E-state index contributed by atoms with van der Waals surface area (Å²) in [5.41, 5.74) is 3.34. The summed E-state index contributed by atoms with van der Waals surface area (Å²) in [5, 5.41) is 3.25. The number of aromatic nitrogens is 1. The first-order chi connectivity index (χ1) is 7.84. The molecule has 1 aromatic carbocycles. The molecule has 0 N–H and O–H groups in total. The zero-order chi connectivity index (χ0) is 11.0. The van der Waals surface area contributed by atoms with Crippen molar-refractivity contribution >= 4 is 22.2 Å². The molecule has 1 radical (unpaired) electrons. The Morgan fingerprint density at radius 3 is 2.82 bits per heavy atom. The van der Waals surface area contributed by atoms with Gasteiger partial charge in [-0.2, -0.15) is 12.1 Å². The number of fused-ring (bicyclic) bond motifs is 1. The van der Waals surface area contributed by atoms with E-state index in [0.29, 0.717) is 0 Å². The van der Waals surface area contributed by atoms with Crippen LogP contribution in [0.25, 0.3) is 21.5 Å². The molecule has 0 fully saturated rings. The molecule has 1 nitrogen and oxygen atoms in total. The molecule has 0 aliphatic rings. The van der Waals surface area contributed by atoms with Crippen LogP contribution in [-0.4, -0.2) is 4.98 Å². The van der Waals surface area contributed by atoms with Gasteiger partial charge in [0.05, 0.1) is 5.52 Å². The van der Waals surface area contributed by atoms with E-state index in [1.165, 1.54) is 10.9 Å². The Morgan fingerprint density at radius 2 is 2.06 bits per heavy atom. The normalized spacial score (nSPS) is 10.2. The van der Waals surface area contributed by atoms with E-state index >= 15 is 0 Å². The number of pyridine rings is 1. The van der Waals surface area contributed by atoms with Gasteiger partial charge in [0.1, 0.15) is 0 Å². The van der Waals surface area contributed by atoms with Crippen LogP contribution in [0.5, 0.6) is 0 Å². The average molecular weight is 417 g/mol. The van der Waals surface area contributed by atoms with E-state index in [-0.39, 0.29) is 20.1 Å². The molecule has 0 aliphatic carbocycles. The van der Waals surface area contributed by atoms with Crippen LogP contribution in [0.3, 0.4) is 0 Å². The van der Waals surface area contributed by atoms with Crippen LogP contribution in [0.4, 0.5) is 0 Å². The third-order valence-corrected chi connectivity index (χ3v) is 3.46. The maximum Gasteiger partial charge on any atom is 0.0562 e. The molecule has 3 aromatic rings. The Hall–Kier alpha value is -1.02. The van der Waals surface area contributed by atoms with Crippen molar-refractivity contribution in [2.75, 3.05) is 0 Å². The molecular formula is C14H10IrNS-. The van der Waals surface area contributed by atoms with Crippen molar-refractivity contribution in [2.45, 2.75) is 6.92 Å². The Morgan fingerprint density at radius 1 is 1.24 bits per heavy atom. The van der Waals surface area contributed by atoms with Crippen LogP contribution >= 0.6 is 11.3 Å². The van der Waals surface area contributed by atoms with Crippen molar-refractivity contribution in [3.05, 3.63) is 53.4 Å². The maximum absolute atomic E-state index is 4.66. The minimum Gasteiger partial charge on any atom is -0.310 e. The number of hydrogen-bond donors (Lipinski definition) is 0. The fraction of sp³-hybridized carbons (Fsp3) is 0.0714. The van der Waals surface area contributed by atoms with Gasteiger partial charge in [-0.25, -0.2) is 11.3 Å². The summed E-state index contributed by atoms with van der Waals surface area (Å²) in [4.78, 5) is 5.76. The number of hydrogen-bond acceptors (Lipinski definition) is 2. The number of benzene rings is 1. The van der Waals surface area contributed by atoms with E-state index in [4.69, 9.17) is 0 Å². The van der Waals surface area contributed by atoms with Crippen LogP contribution in [0.15, 0.2) is 41.8 Å². The fourth-order valence-electron chi connectivity index (χ4n) is 1.85. The van der Waals surface area contributed by atoms with E-state index < -0.39 is 0 Å². The first kappa shape index (κ1) is 12.4. The predicted molar refractivity (Wildman–Crippen MR) is 68.6 cm³/mol. The van der Waals surface area contributed by atoms with E-state index in [2.05, 4.69) is 36.2 Å². The first-order valence-corrected chi connectivity index (χ1v) is 6.04. The minimum absolute atomic E-state index is 0. The number of thiophene rings is 1. The molecule has 0 saturated heterocycles. The minimum atomic E-state index is 0. The number of para-hydroxylation sites is 1. The number of nitrogens with zero attached hydrogens (tertiary/aromatic N) is 1. The molecule has 0 bridgehead atoms. The number of rotatable bonds is 1. The SMILES string of the molecule is Cc1cc(-c2[c-]ccs2)nc2ccccc12.[Ir]. The Balaban J connectivity index is 0.00000108. The van der Waals surface area contributed by atoms with Crippen molar-refractivity contribution in [1.82, 2.24) is 4.98 Å². The molecule has 3 heteroatoms. The third-order valence-electron chi connectivity index (χ3n) is 2.62. The molecule has 87 valence electrons. The molecule has 0 amide bonds. The smallest absolute Gasteiger partial charge is 0.0562 e. The maximum atomic E-state index is 4.66. The van der Waals surface area contributed by atoms with Crippen LogP contribution in [0.1, 0.15) is 5.56 Å². The summed E-state index contributed by atoms with van der Waals surface area (Å²) in [5.74, 6) is 0. The van der Waals surface area contributed by atoms with Crippen LogP contribution in [-0.2, 0) is 20.1 Å². The Bertz CT molecular complexity index is 632. The molecule has 0 spiro atoms. The molecule has 2 aromatic heterocycles. The van der Waals surface area contributed by atoms with Crippen LogP contribution in [0, 0.1) is 13.0 Å². The topological polar surface area (TPSA) is 12.9 Å². The molecular weight excluding hydrogens is 406 g/mol. The zero-order valence-corrected chi connectivity index (χ0v) is 12.4. The van der Waals surface area contributed by atoms with Gasteiger partial charge in [-0.05, 0) is 18.7 Å². The number of aryl methyl sites for hydroxylation is 1. The van der Waals surface area contributed by atoms with Gasteiger partial charge in [0, 0.05) is 25.5 Å². The van der Waals surface area contributed by atoms with E-state index in [9.17, 15) is 0 Å². The van der Waals surface area contributed by atoms with E-state index in [1.54, 1.807) is 11.3 Å². The zero-order valence-electron chi connectivity index (χ0n) is 9.23. The van der Waals surface area contributed by atoms with Crippen molar-refractivity contribution in [3.63, 3.8) is 0 Å². The molecule has 2 heterocycles. The van der Waals surface area contributed by atoms with Crippen molar-refractivity contribution in [1.29, 1.82) is 0 Å². The summed E-state index contributed by atoms with van der Waals surface area (Å²) in [6.07, 6.45) is 0. The van der Waals surface area contributed by atoms with Gasteiger partial charge in [0.2, 0.25) is 0 Å². The standard InChI is InChI=1S/C14H10NS.Ir/c1-10-9-13(14-7-4-8-16-14)15-12-6-3-2-5-11(10)12;/h2-6,8-9H,1H3;/q-1;. The second-order valence-corrected chi connectivity index (χ2v) is 4.65. The summed E-state index contributed by atoms with van der Waals surface area (Å²) >= 11 is 1.68. The molecule has 17 heavy (non-hydrogen) atoms. The van der Waals surface area contributed by atoms with E-state index in [0.717, 1.165) is 16.1 Å². The first-order valence-electron chi connectivity index (χ1n) is 5.16. The summed E-state index contributed by atoms with van der Waals surface area (Å²) in [7, 11) is 0. The Kier molecular flexibility index (Phi) is 3.72. The van der Waals surface area contributed by atoms with Gasteiger partial charge in [0.15, 0.2) is 0 Å². The summed E-state index contributed by atoms with van der Waals surface area (Å²) < 4.78 is 0. The molecule has 0 aliphatic heterocycles. The molecule has 0 atom stereocenters. The van der Waals surface area contributed by atoms with Crippen molar-refractivity contribution in [3.8, 4) is 10.6 Å². The molecule has 0 unspecified atom stereocenters. The largest absolute Gasteiger partial charge is 0.310 e. The van der Waals surface area contributed by atoms with Crippen LogP contribution < -0.4 is 0 Å². The summed E-state index contributed by atoms with van der Waals surface area (Å²) in [6.45, 7) is 2.13. The van der Waals surface area contributed by atoms with Gasteiger partial charge in [-0.3, -0.25) is 0 Å². The third kappa shape index (κ3) is 2.32. The molecule has 0 saturated carbocycles. The van der Waals surface area contributed by atoms with E-state index in [1.807, 2.05) is 23.6 Å². The van der Waals surface area contributed by atoms with Gasteiger partial charge in [-0.15, -0.1) is 5.38 Å². The second kappa shape index (κ2) is 5.09. The average Bonchev–Trinajstić information content (AvgIpc) is 2.82. The molecule has 3 rings (SSSR count). The van der Waals surface area contributed by atoms with Gasteiger partial charge in [-0.1, -0.05) is 34.7 Å². The Labute approximate surface area is 118 Å². The van der Waals surface area contributed by atoms with Crippen LogP contribution in [0.2, 0.25) is 0 Å². The summed E-state index contributed by atoms with van der Waals surface area (Å²) in [6, 6.07) is 15.5. The van der Waals surface area contributed by atoms with Gasteiger partial charge >= 0.3 is 0 Å². The monoisotopic (exact) mass is 417 g/mol. The van der Waals surface area contributed by atoms with Crippen molar-refractivity contribution in [2.24, 2.45) is 0 Å².